The molecule has 1 atom stereocenters. The maximum Gasteiger partial charge on any atom is 0.433 e. The third-order valence-corrected chi connectivity index (χ3v) is 5.88. The maximum absolute atomic E-state index is 14.7. The Balaban J connectivity index is 2.32. The number of carbonyl (C=O) groups excluding carboxylic acids is 1. The van der Waals surface area contributed by atoms with Crippen LogP contribution < -0.4 is 4.90 Å². The van der Waals surface area contributed by atoms with Crippen molar-refractivity contribution in [2.24, 2.45) is 0 Å². The molecule has 2 rings (SSSR count). The van der Waals surface area contributed by atoms with Crippen LogP contribution in [0, 0.1) is 0 Å². The van der Waals surface area contributed by atoms with Gasteiger partial charge >= 0.3 is 6.18 Å². The smallest absolute Gasteiger partial charge is 0.433 e. The molecular formula is C28H32F6N2O3. The Labute approximate surface area is 224 Å². The number of nitrogens with zero attached hydrogens (tertiary/aromatic N) is 2. The van der Waals surface area contributed by atoms with Crippen molar-refractivity contribution in [1.29, 1.82) is 0 Å². The lowest BCUT2D eigenvalue weighted by atomic mass is 9.98. The minimum Gasteiger partial charge on any atom is -0.491 e. The largest absolute Gasteiger partial charge is 0.491 e. The number of allylic oxidation sites excluding steroid dienone is 3. The van der Waals surface area contributed by atoms with Crippen LogP contribution in [0.1, 0.15) is 45.7 Å². The molecule has 1 aliphatic rings. The van der Waals surface area contributed by atoms with Crippen LogP contribution >= 0.6 is 0 Å². The second kappa shape index (κ2) is 13.0. The van der Waals surface area contributed by atoms with E-state index in [1.165, 1.54) is 17.1 Å². The molecule has 1 amide bonds. The van der Waals surface area contributed by atoms with Gasteiger partial charge in [-0.05, 0) is 43.5 Å². The number of aromatic nitrogens is 1. The lowest BCUT2D eigenvalue weighted by molar-refractivity contribution is -0.141. The molecule has 1 unspecified atom stereocenters. The number of rotatable bonds is 12. The summed E-state index contributed by atoms with van der Waals surface area (Å²) in [5.41, 5.74) is -2.34. The quantitative estimate of drug-likeness (QED) is 0.152. The first kappa shape index (κ1) is 31.7. The first-order valence-electron chi connectivity index (χ1n) is 12.2. The van der Waals surface area contributed by atoms with E-state index in [0.717, 1.165) is 24.4 Å². The standard InChI is InChI=1S/C28H32F6N2O3/c1-6-27(31,7-2)18-39-23-13-10-20(9-12-22(15-23)38-17-26(5,29)30)19(4)25(37)36(8-3)21-11-14-24(35-16-21)28(32,33)34/h6,9,11,13-16H,1,4,7-8,10,12,17-18H2,2-3,5H3. The third kappa shape index (κ3) is 9.33. The molecule has 0 bridgehead atoms. The number of ether oxygens (including phenoxy) is 2. The predicted molar refractivity (Wildman–Crippen MR) is 137 cm³/mol. The Morgan fingerprint density at radius 2 is 1.77 bits per heavy atom. The highest BCUT2D eigenvalue weighted by atomic mass is 19.4. The number of alkyl halides is 6. The molecule has 11 heteroatoms. The van der Waals surface area contributed by atoms with Crippen molar-refractivity contribution >= 4 is 11.6 Å². The Morgan fingerprint density at radius 3 is 2.28 bits per heavy atom. The normalized spacial score (nSPS) is 16.0. The fourth-order valence-corrected chi connectivity index (χ4v) is 3.43. The Morgan fingerprint density at radius 1 is 1.08 bits per heavy atom. The van der Waals surface area contributed by atoms with Gasteiger partial charge in [0.25, 0.3) is 11.8 Å². The number of carbonyl (C=O) groups is 1. The van der Waals surface area contributed by atoms with E-state index in [1.54, 1.807) is 19.9 Å². The summed E-state index contributed by atoms with van der Waals surface area (Å²) in [5, 5.41) is 0. The minimum atomic E-state index is -4.63. The van der Waals surface area contributed by atoms with Crippen molar-refractivity contribution in [3.8, 4) is 0 Å². The average molecular weight is 559 g/mol. The molecule has 1 aliphatic carbocycles. The van der Waals surface area contributed by atoms with Gasteiger partial charge in [-0.2, -0.15) is 13.2 Å². The zero-order chi connectivity index (χ0) is 29.4. The van der Waals surface area contributed by atoms with E-state index in [9.17, 15) is 31.1 Å². The molecule has 0 saturated heterocycles. The number of hydrogen-bond acceptors (Lipinski definition) is 4. The molecule has 0 saturated carbocycles. The van der Waals surface area contributed by atoms with Crippen LogP contribution in [0.5, 0.6) is 0 Å². The van der Waals surface area contributed by atoms with Crippen molar-refractivity contribution < 1.29 is 40.6 Å². The Hall–Kier alpha value is -3.50. The number of halogens is 6. The van der Waals surface area contributed by atoms with E-state index in [-0.39, 0.29) is 55.2 Å². The number of pyridine rings is 1. The summed E-state index contributed by atoms with van der Waals surface area (Å²) in [7, 11) is 0. The highest BCUT2D eigenvalue weighted by molar-refractivity contribution is 6.08. The first-order valence-corrected chi connectivity index (χ1v) is 12.2. The highest BCUT2D eigenvalue weighted by Crippen LogP contribution is 2.30. The van der Waals surface area contributed by atoms with Crippen LogP contribution in [0.4, 0.5) is 32.0 Å². The van der Waals surface area contributed by atoms with Gasteiger partial charge in [-0.15, -0.1) is 0 Å². The van der Waals surface area contributed by atoms with Gasteiger partial charge in [-0.1, -0.05) is 32.2 Å². The van der Waals surface area contributed by atoms with Gasteiger partial charge in [0, 0.05) is 31.5 Å². The molecule has 39 heavy (non-hydrogen) atoms. The van der Waals surface area contributed by atoms with E-state index >= 15 is 0 Å². The van der Waals surface area contributed by atoms with E-state index < -0.39 is 36.0 Å². The summed E-state index contributed by atoms with van der Waals surface area (Å²) in [6.07, 6.45) is 2.17. The molecule has 214 valence electrons. The topological polar surface area (TPSA) is 51.7 Å². The second-order valence-electron chi connectivity index (χ2n) is 9.02. The van der Waals surface area contributed by atoms with Gasteiger partial charge in [0.1, 0.15) is 23.8 Å². The summed E-state index contributed by atoms with van der Waals surface area (Å²) < 4.78 is 91.1. The summed E-state index contributed by atoms with van der Waals surface area (Å²) in [5.74, 6) is -3.46. The summed E-state index contributed by atoms with van der Waals surface area (Å²) >= 11 is 0. The van der Waals surface area contributed by atoms with Crippen molar-refractivity contribution in [3.05, 3.63) is 84.1 Å². The first-order chi connectivity index (χ1) is 18.1. The van der Waals surface area contributed by atoms with Crippen molar-refractivity contribution in [1.82, 2.24) is 4.98 Å². The van der Waals surface area contributed by atoms with Crippen molar-refractivity contribution in [2.75, 3.05) is 24.7 Å². The highest BCUT2D eigenvalue weighted by Gasteiger charge is 2.32. The lowest BCUT2D eigenvalue weighted by Crippen LogP contribution is -2.32. The van der Waals surface area contributed by atoms with Gasteiger partial charge < -0.3 is 14.4 Å². The van der Waals surface area contributed by atoms with Gasteiger partial charge in [0.15, 0.2) is 12.3 Å². The van der Waals surface area contributed by atoms with Crippen LogP contribution in [0.15, 0.2) is 78.5 Å². The van der Waals surface area contributed by atoms with E-state index in [1.807, 2.05) is 0 Å². The summed E-state index contributed by atoms with van der Waals surface area (Å²) in [6.45, 7) is 10.1. The molecular weight excluding hydrogens is 526 g/mol. The monoisotopic (exact) mass is 558 g/mol. The molecule has 1 aromatic heterocycles. The summed E-state index contributed by atoms with van der Waals surface area (Å²) in [4.78, 5) is 17.9. The molecule has 5 nitrogen and oxygen atoms in total. The van der Waals surface area contributed by atoms with Crippen LogP contribution in [0.2, 0.25) is 0 Å². The molecule has 0 radical (unpaired) electrons. The molecule has 0 aromatic carbocycles. The number of anilines is 1. The molecule has 1 heterocycles. The lowest BCUT2D eigenvalue weighted by Gasteiger charge is -2.24. The Kier molecular flexibility index (Phi) is 10.6. The van der Waals surface area contributed by atoms with E-state index in [4.69, 9.17) is 9.47 Å². The van der Waals surface area contributed by atoms with Gasteiger partial charge in [-0.3, -0.25) is 4.79 Å². The van der Waals surface area contributed by atoms with Crippen LogP contribution in [-0.4, -0.2) is 42.2 Å². The average Bonchev–Trinajstić information content (AvgIpc) is 2.87. The van der Waals surface area contributed by atoms with E-state index in [2.05, 4.69) is 18.1 Å². The predicted octanol–water partition coefficient (Wildman–Crippen LogP) is 7.49. The molecule has 0 fully saturated rings. The number of amides is 1. The van der Waals surface area contributed by atoms with Crippen molar-refractivity contribution in [2.45, 2.75) is 57.8 Å². The van der Waals surface area contributed by atoms with E-state index in [0.29, 0.717) is 12.5 Å². The zero-order valence-corrected chi connectivity index (χ0v) is 22.1. The SMILES string of the molecule is C=CC(F)(CC)COC1=CCC(C(=C)C(=O)N(CC)c2ccc(C(F)(F)F)nc2)=CCC(OCC(C)(F)F)=C1. The molecule has 1 aromatic rings. The van der Waals surface area contributed by atoms with Gasteiger partial charge in [0.05, 0.1) is 11.9 Å². The molecule has 0 N–H and O–H groups in total. The minimum absolute atomic E-state index is 0.00236. The molecule has 0 spiro atoms. The Bertz CT molecular complexity index is 1130. The second-order valence-corrected chi connectivity index (χ2v) is 9.02. The summed E-state index contributed by atoms with van der Waals surface area (Å²) in [6, 6.07) is 1.91. The van der Waals surface area contributed by atoms with Crippen molar-refractivity contribution in [3.63, 3.8) is 0 Å². The maximum atomic E-state index is 14.7. The third-order valence-electron chi connectivity index (χ3n) is 5.88. The van der Waals surface area contributed by atoms with Gasteiger partial charge in [0.2, 0.25) is 0 Å². The number of hydrogen-bond donors (Lipinski definition) is 0. The van der Waals surface area contributed by atoms with Crippen LogP contribution in [0.25, 0.3) is 0 Å². The number of likely N-dealkylation sites (N-methyl/N-ethyl adjacent to an activating group) is 1. The molecule has 0 aliphatic heterocycles. The fourth-order valence-electron chi connectivity index (χ4n) is 3.43. The zero-order valence-electron chi connectivity index (χ0n) is 22.1. The van der Waals surface area contributed by atoms with Gasteiger partial charge in [-0.25, -0.2) is 18.2 Å². The van der Waals surface area contributed by atoms with Crippen LogP contribution in [-0.2, 0) is 20.4 Å². The fraction of sp³-hybridized carbons (Fsp3) is 0.429. The van der Waals surface area contributed by atoms with Crippen LogP contribution in [0.3, 0.4) is 0 Å².